The Bertz CT molecular complexity index is 1050. The first-order valence-electron chi connectivity index (χ1n) is 7.56. The summed E-state index contributed by atoms with van der Waals surface area (Å²) >= 11 is 15.5. The van der Waals surface area contributed by atoms with Gasteiger partial charge in [-0.1, -0.05) is 28.4 Å². The van der Waals surface area contributed by atoms with Gasteiger partial charge in [-0.05, 0) is 52.7 Å². The van der Waals surface area contributed by atoms with Crippen molar-refractivity contribution in [3.8, 4) is 5.82 Å². The molecule has 0 unspecified atom stereocenters. The van der Waals surface area contributed by atoms with Gasteiger partial charge in [0.15, 0.2) is 5.82 Å². The van der Waals surface area contributed by atoms with Crippen molar-refractivity contribution in [1.29, 1.82) is 0 Å². The van der Waals surface area contributed by atoms with E-state index in [2.05, 4.69) is 36.5 Å². The number of aromatic nitrogens is 3. The lowest BCUT2D eigenvalue weighted by atomic mass is 10.1. The van der Waals surface area contributed by atoms with Crippen molar-refractivity contribution in [3.63, 3.8) is 0 Å². The Kier molecular flexibility index (Phi) is 5.79. The van der Waals surface area contributed by atoms with Crippen molar-refractivity contribution in [2.45, 2.75) is 6.92 Å². The maximum atomic E-state index is 12.9. The molecule has 7 nitrogen and oxygen atoms in total. The highest BCUT2D eigenvalue weighted by Gasteiger charge is 2.20. The van der Waals surface area contributed by atoms with Gasteiger partial charge in [-0.25, -0.2) is 9.67 Å². The first-order chi connectivity index (χ1) is 12.9. The van der Waals surface area contributed by atoms with Gasteiger partial charge >= 0.3 is 0 Å². The van der Waals surface area contributed by atoms with Crippen molar-refractivity contribution in [2.75, 3.05) is 5.32 Å². The fourth-order valence-electron chi connectivity index (χ4n) is 2.49. The summed E-state index contributed by atoms with van der Waals surface area (Å²) in [6, 6.07) is 8.15. The Morgan fingerprint density at radius 3 is 2.85 bits per heavy atom. The number of carbonyl (C=O) groups is 1. The molecule has 3 rings (SSSR count). The van der Waals surface area contributed by atoms with Crippen molar-refractivity contribution < 1.29 is 10.0 Å². The molecule has 0 atom stereocenters. The average molecular weight is 469 g/mol. The van der Waals surface area contributed by atoms with Crippen molar-refractivity contribution in [1.82, 2.24) is 14.8 Å². The van der Waals surface area contributed by atoms with Gasteiger partial charge in [0.05, 0.1) is 16.9 Å². The second kappa shape index (κ2) is 8.08. The number of hydrogen-bond donors (Lipinski definition) is 2. The highest BCUT2D eigenvalue weighted by molar-refractivity contribution is 9.10. The number of anilines is 1. The van der Waals surface area contributed by atoms with Gasteiger partial charge in [-0.2, -0.15) is 5.10 Å². The lowest BCUT2D eigenvalue weighted by Gasteiger charge is -2.13. The summed E-state index contributed by atoms with van der Waals surface area (Å²) in [6.45, 7) is 1.78. The number of halogens is 3. The van der Waals surface area contributed by atoms with E-state index in [0.29, 0.717) is 37.3 Å². The smallest absolute Gasteiger partial charge is 0.274 e. The van der Waals surface area contributed by atoms with Gasteiger partial charge < -0.3 is 10.5 Å². The molecule has 2 heterocycles. The molecule has 27 heavy (non-hydrogen) atoms. The number of amides is 1. The molecule has 10 heteroatoms. The summed E-state index contributed by atoms with van der Waals surface area (Å²) in [7, 11) is 0. The van der Waals surface area contributed by atoms with Crippen LogP contribution in [0.3, 0.4) is 0 Å². The summed E-state index contributed by atoms with van der Waals surface area (Å²) in [4.78, 5) is 17.1. The number of carbonyl (C=O) groups excluding carboxylic acids is 1. The molecule has 0 aliphatic heterocycles. The molecule has 1 aromatic carbocycles. The van der Waals surface area contributed by atoms with Gasteiger partial charge in [-0.15, -0.1) is 0 Å². The van der Waals surface area contributed by atoms with Gasteiger partial charge in [0.25, 0.3) is 5.91 Å². The Labute approximate surface area is 172 Å². The first kappa shape index (κ1) is 19.3. The van der Waals surface area contributed by atoms with Gasteiger partial charge in [0.2, 0.25) is 0 Å². The number of oxime groups is 1. The first-order valence-corrected chi connectivity index (χ1v) is 9.11. The van der Waals surface area contributed by atoms with E-state index in [9.17, 15) is 4.79 Å². The highest BCUT2D eigenvalue weighted by atomic mass is 79.9. The van der Waals surface area contributed by atoms with E-state index in [1.54, 1.807) is 43.5 Å². The summed E-state index contributed by atoms with van der Waals surface area (Å²) in [5, 5.41) is 19.7. The van der Waals surface area contributed by atoms with Crippen LogP contribution >= 0.6 is 39.1 Å². The molecule has 0 saturated carbocycles. The summed E-state index contributed by atoms with van der Waals surface area (Å²) in [5.41, 5.74) is 1.82. The molecular formula is C17H12BrCl2N5O2. The van der Waals surface area contributed by atoms with Gasteiger partial charge in [-0.3, -0.25) is 4.79 Å². The third kappa shape index (κ3) is 4.13. The van der Waals surface area contributed by atoms with E-state index in [-0.39, 0.29) is 5.69 Å². The van der Waals surface area contributed by atoms with Crippen LogP contribution in [-0.4, -0.2) is 32.1 Å². The van der Waals surface area contributed by atoms with Crippen LogP contribution in [0.15, 0.2) is 46.3 Å². The van der Waals surface area contributed by atoms with Crippen LogP contribution in [0.2, 0.25) is 10.0 Å². The molecule has 2 N–H and O–H groups in total. The third-order valence-electron chi connectivity index (χ3n) is 3.62. The third-order valence-corrected chi connectivity index (χ3v) is 4.52. The normalized spacial score (nSPS) is 11.1. The Morgan fingerprint density at radius 2 is 2.15 bits per heavy atom. The van der Waals surface area contributed by atoms with Crippen LogP contribution < -0.4 is 5.32 Å². The zero-order valence-electron chi connectivity index (χ0n) is 13.8. The zero-order valence-corrected chi connectivity index (χ0v) is 16.9. The Hall–Kier alpha value is -2.42. The molecule has 3 aromatic rings. The number of nitrogens with zero attached hydrogens (tertiary/aromatic N) is 4. The zero-order chi connectivity index (χ0) is 19.6. The largest absolute Gasteiger partial charge is 0.411 e. The van der Waals surface area contributed by atoms with Crippen LogP contribution in [0.4, 0.5) is 5.69 Å². The minimum atomic E-state index is -0.451. The molecule has 0 saturated heterocycles. The van der Waals surface area contributed by atoms with E-state index in [4.69, 9.17) is 28.4 Å². The lowest BCUT2D eigenvalue weighted by molar-refractivity contribution is 0.101. The molecule has 0 radical (unpaired) electrons. The maximum Gasteiger partial charge on any atom is 0.274 e. The highest BCUT2D eigenvalue weighted by Crippen LogP contribution is 2.26. The molecule has 0 spiro atoms. The van der Waals surface area contributed by atoms with E-state index in [1.807, 2.05) is 0 Å². The van der Waals surface area contributed by atoms with Crippen LogP contribution in [0.1, 0.15) is 21.6 Å². The Balaban J connectivity index is 2.03. The number of nitrogens with one attached hydrogen (secondary N) is 1. The Morgan fingerprint density at radius 1 is 1.37 bits per heavy atom. The quantitative estimate of drug-likeness (QED) is 0.329. The predicted molar refractivity (Wildman–Crippen MR) is 108 cm³/mol. The second-order valence-corrected chi connectivity index (χ2v) is 7.11. The minimum absolute atomic E-state index is 0.212. The number of hydrogen-bond acceptors (Lipinski definition) is 5. The predicted octanol–water partition coefficient (Wildman–Crippen LogP) is 4.71. The van der Waals surface area contributed by atoms with Crippen LogP contribution in [-0.2, 0) is 0 Å². The van der Waals surface area contributed by atoms with Crippen LogP contribution in [0.5, 0.6) is 0 Å². The minimum Gasteiger partial charge on any atom is -0.411 e. The molecule has 0 bridgehead atoms. The monoisotopic (exact) mass is 467 g/mol. The SMILES string of the molecule is Cc1cc(Cl)cc(C=NO)c1NC(=O)c1cc(Br)nn1-c1ncccc1Cl. The van der Waals surface area contributed by atoms with Crippen LogP contribution in [0.25, 0.3) is 5.82 Å². The van der Waals surface area contributed by atoms with Crippen molar-refractivity contribution >= 4 is 56.9 Å². The van der Waals surface area contributed by atoms with E-state index in [1.165, 1.54) is 10.9 Å². The number of pyridine rings is 1. The summed E-state index contributed by atoms with van der Waals surface area (Å²) in [5.74, 6) is -0.132. The molecule has 0 aliphatic carbocycles. The van der Waals surface area contributed by atoms with Crippen molar-refractivity contribution in [3.05, 3.63) is 68.0 Å². The molecule has 1 amide bonds. The molecule has 0 fully saturated rings. The summed E-state index contributed by atoms with van der Waals surface area (Å²) < 4.78 is 1.78. The average Bonchev–Trinajstić information content (AvgIpc) is 3.00. The van der Waals surface area contributed by atoms with E-state index in [0.717, 1.165) is 0 Å². The molecule has 0 aliphatic rings. The topological polar surface area (TPSA) is 92.4 Å². The van der Waals surface area contributed by atoms with Crippen molar-refractivity contribution in [2.24, 2.45) is 5.16 Å². The number of rotatable bonds is 4. The fraction of sp³-hybridized carbons (Fsp3) is 0.0588. The fourth-order valence-corrected chi connectivity index (χ4v) is 3.35. The number of aryl methyl sites for hydroxylation is 1. The molecule has 138 valence electrons. The van der Waals surface area contributed by atoms with Gasteiger partial charge in [0, 0.05) is 22.8 Å². The standard InChI is InChI=1S/C17H12BrCl2N5O2/c1-9-5-11(19)6-10(8-22-27)15(9)23-17(26)13-7-14(18)24-25(13)16-12(20)3-2-4-21-16/h2-8,27H,1H3,(H,23,26). The lowest BCUT2D eigenvalue weighted by Crippen LogP contribution is -2.19. The van der Waals surface area contributed by atoms with E-state index < -0.39 is 5.91 Å². The molecule has 2 aromatic heterocycles. The van der Waals surface area contributed by atoms with E-state index >= 15 is 0 Å². The number of benzene rings is 1. The van der Waals surface area contributed by atoms with Crippen LogP contribution in [0, 0.1) is 6.92 Å². The molecular weight excluding hydrogens is 457 g/mol. The summed E-state index contributed by atoms with van der Waals surface area (Å²) in [6.07, 6.45) is 2.75. The second-order valence-electron chi connectivity index (χ2n) is 5.46. The maximum absolute atomic E-state index is 12.9. The van der Waals surface area contributed by atoms with Gasteiger partial charge in [0.1, 0.15) is 10.3 Å².